The van der Waals surface area contributed by atoms with Crippen LogP contribution >= 0.6 is 0 Å². The normalized spacial score (nSPS) is 13.1. The molecule has 0 bridgehead atoms. The second-order valence-corrected chi connectivity index (χ2v) is 9.36. The second-order valence-electron chi connectivity index (χ2n) is 7.64. The van der Waals surface area contributed by atoms with Crippen molar-refractivity contribution < 1.29 is 8.42 Å². The topological polar surface area (TPSA) is 76.0 Å². The highest BCUT2D eigenvalue weighted by Crippen LogP contribution is 2.20. The zero-order valence-corrected chi connectivity index (χ0v) is 18.0. The van der Waals surface area contributed by atoms with Crippen LogP contribution in [0, 0.1) is 0 Å². The number of aromatic nitrogens is 2. The molecule has 1 atom stereocenters. The Morgan fingerprint density at radius 1 is 1.10 bits per heavy atom. The quantitative estimate of drug-likeness (QED) is 0.428. The van der Waals surface area contributed by atoms with Crippen LogP contribution in [0.4, 0.5) is 0 Å². The minimum absolute atomic E-state index is 0.226. The lowest BCUT2D eigenvalue weighted by Gasteiger charge is -2.15. The summed E-state index contributed by atoms with van der Waals surface area (Å²) in [6.07, 6.45) is 6.43. The Morgan fingerprint density at radius 2 is 1.93 bits per heavy atom. The van der Waals surface area contributed by atoms with Gasteiger partial charge in [0.2, 0.25) is 10.0 Å². The van der Waals surface area contributed by atoms with Gasteiger partial charge >= 0.3 is 0 Å². The van der Waals surface area contributed by atoms with Crippen LogP contribution in [-0.4, -0.2) is 37.1 Å². The SMILES string of the molecule is C[C@H](CNCCc1cn(C)c2ccccc12)NS(=O)(=O)c1ccc2cnccc2c1. The summed E-state index contributed by atoms with van der Waals surface area (Å²) in [7, 11) is -1.52. The van der Waals surface area contributed by atoms with E-state index in [1.165, 1.54) is 16.5 Å². The van der Waals surface area contributed by atoms with Gasteiger partial charge < -0.3 is 9.88 Å². The number of para-hydroxylation sites is 1. The van der Waals surface area contributed by atoms with Crippen LogP contribution in [0.25, 0.3) is 21.7 Å². The molecule has 0 amide bonds. The highest BCUT2D eigenvalue weighted by Gasteiger charge is 2.17. The Hall–Kier alpha value is -2.74. The average molecular weight is 423 g/mol. The van der Waals surface area contributed by atoms with Gasteiger partial charge in [-0.2, -0.15) is 0 Å². The van der Waals surface area contributed by atoms with Crippen molar-refractivity contribution in [3.8, 4) is 0 Å². The highest BCUT2D eigenvalue weighted by molar-refractivity contribution is 7.89. The first-order valence-corrected chi connectivity index (χ1v) is 11.5. The maximum atomic E-state index is 12.7. The average Bonchev–Trinajstić information content (AvgIpc) is 3.06. The molecule has 2 heterocycles. The lowest BCUT2D eigenvalue weighted by atomic mass is 10.1. The monoisotopic (exact) mass is 422 g/mol. The van der Waals surface area contributed by atoms with Crippen LogP contribution in [0.5, 0.6) is 0 Å². The summed E-state index contributed by atoms with van der Waals surface area (Å²) in [5.74, 6) is 0. The molecular formula is C23H26N4O2S. The van der Waals surface area contributed by atoms with E-state index >= 15 is 0 Å². The Labute approximate surface area is 177 Å². The van der Waals surface area contributed by atoms with Crippen LogP contribution in [0.3, 0.4) is 0 Å². The van der Waals surface area contributed by atoms with Crippen molar-refractivity contribution in [3.05, 3.63) is 72.7 Å². The first kappa shape index (κ1) is 20.5. The van der Waals surface area contributed by atoms with E-state index < -0.39 is 10.0 Å². The van der Waals surface area contributed by atoms with E-state index in [1.54, 1.807) is 30.6 Å². The van der Waals surface area contributed by atoms with Crippen LogP contribution in [0.1, 0.15) is 12.5 Å². The number of hydrogen-bond acceptors (Lipinski definition) is 4. The third-order valence-electron chi connectivity index (χ3n) is 5.28. The second kappa shape index (κ2) is 8.55. The standard InChI is InChI=1S/C23H26N4O2S/c1-17(14-24-12-10-20-16-27(2)23-6-4-3-5-22(20)23)26-30(28,29)21-8-7-19-15-25-11-9-18(19)13-21/h3-9,11,13,15-17,24,26H,10,12,14H2,1-2H3/t17-/m1/s1. The Kier molecular flexibility index (Phi) is 5.85. The zero-order chi connectivity index (χ0) is 21.1. The Balaban J connectivity index is 1.33. The van der Waals surface area contributed by atoms with Crippen molar-refractivity contribution in [2.24, 2.45) is 7.05 Å². The van der Waals surface area contributed by atoms with Crippen LogP contribution in [0.2, 0.25) is 0 Å². The predicted octanol–water partition coefficient (Wildman–Crippen LogP) is 3.23. The fraction of sp³-hybridized carbons (Fsp3) is 0.261. The molecule has 156 valence electrons. The number of benzene rings is 2. The Morgan fingerprint density at radius 3 is 2.80 bits per heavy atom. The minimum Gasteiger partial charge on any atom is -0.350 e. The molecule has 0 radical (unpaired) electrons. The first-order chi connectivity index (χ1) is 14.4. The molecule has 0 fully saturated rings. The predicted molar refractivity (Wildman–Crippen MR) is 121 cm³/mol. The molecule has 0 saturated carbocycles. The summed E-state index contributed by atoms with van der Waals surface area (Å²) in [5, 5.41) is 6.40. The maximum absolute atomic E-state index is 12.7. The molecule has 4 aromatic rings. The Bertz CT molecular complexity index is 1280. The molecule has 2 aromatic carbocycles. The number of aryl methyl sites for hydroxylation is 1. The molecule has 0 saturated heterocycles. The van der Waals surface area contributed by atoms with E-state index in [9.17, 15) is 8.42 Å². The number of pyridine rings is 1. The molecule has 0 aliphatic carbocycles. The third-order valence-corrected chi connectivity index (χ3v) is 6.87. The summed E-state index contributed by atoms with van der Waals surface area (Å²) in [6.45, 7) is 3.21. The lowest BCUT2D eigenvalue weighted by Crippen LogP contribution is -2.40. The maximum Gasteiger partial charge on any atom is 0.240 e. The summed E-state index contributed by atoms with van der Waals surface area (Å²) in [5.41, 5.74) is 2.51. The van der Waals surface area contributed by atoms with Gasteiger partial charge in [0.25, 0.3) is 0 Å². The smallest absolute Gasteiger partial charge is 0.240 e. The van der Waals surface area contributed by atoms with Gasteiger partial charge in [-0.25, -0.2) is 13.1 Å². The van der Waals surface area contributed by atoms with Crippen molar-refractivity contribution in [2.45, 2.75) is 24.3 Å². The fourth-order valence-corrected chi connectivity index (χ4v) is 5.05. The van der Waals surface area contributed by atoms with E-state index in [0.717, 1.165) is 23.7 Å². The van der Waals surface area contributed by atoms with Crippen molar-refractivity contribution in [2.75, 3.05) is 13.1 Å². The summed E-state index contributed by atoms with van der Waals surface area (Å²) in [4.78, 5) is 4.33. The van der Waals surface area contributed by atoms with Gasteiger partial charge in [0.05, 0.1) is 4.90 Å². The fourth-order valence-electron chi connectivity index (χ4n) is 3.77. The molecule has 0 aliphatic heterocycles. The number of sulfonamides is 1. The van der Waals surface area contributed by atoms with E-state index in [4.69, 9.17) is 0 Å². The third kappa shape index (κ3) is 4.38. The highest BCUT2D eigenvalue weighted by atomic mass is 32.2. The van der Waals surface area contributed by atoms with E-state index in [-0.39, 0.29) is 10.9 Å². The van der Waals surface area contributed by atoms with Crippen LogP contribution in [-0.2, 0) is 23.5 Å². The number of nitrogens with zero attached hydrogens (tertiary/aromatic N) is 2. The van der Waals surface area contributed by atoms with Gasteiger partial charge in [-0.15, -0.1) is 0 Å². The van der Waals surface area contributed by atoms with Crippen LogP contribution < -0.4 is 10.0 Å². The van der Waals surface area contributed by atoms with Crippen LogP contribution in [0.15, 0.2) is 72.0 Å². The molecule has 6 nitrogen and oxygen atoms in total. The molecule has 2 N–H and O–H groups in total. The van der Waals surface area contributed by atoms with Gasteiger partial charge in [-0.1, -0.05) is 24.3 Å². The lowest BCUT2D eigenvalue weighted by molar-refractivity contribution is 0.537. The largest absolute Gasteiger partial charge is 0.350 e. The van der Waals surface area contributed by atoms with Gasteiger partial charge in [0.1, 0.15) is 0 Å². The molecule has 0 aliphatic rings. The van der Waals surface area contributed by atoms with E-state index in [1.807, 2.05) is 19.1 Å². The van der Waals surface area contributed by atoms with E-state index in [0.29, 0.717) is 6.54 Å². The number of rotatable bonds is 8. The number of hydrogen-bond donors (Lipinski definition) is 2. The molecule has 30 heavy (non-hydrogen) atoms. The van der Waals surface area contributed by atoms with Gasteiger partial charge in [0.15, 0.2) is 0 Å². The molecular weight excluding hydrogens is 396 g/mol. The van der Waals surface area contributed by atoms with Crippen molar-refractivity contribution in [1.82, 2.24) is 19.6 Å². The number of fused-ring (bicyclic) bond motifs is 2. The van der Waals surface area contributed by atoms with Crippen molar-refractivity contribution >= 4 is 31.7 Å². The van der Waals surface area contributed by atoms with Crippen molar-refractivity contribution in [3.63, 3.8) is 0 Å². The van der Waals surface area contributed by atoms with E-state index in [2.05, 4.69) is 51.0 Å². The molecule has 2 aromatic heterocycles. The molecule has 7 heteroatoms. The van der Waals surface area contributed by atoms with Gasteiger partial charge in [-0.3, -0.25) is 4.98 Å². The first-order valence-electron chi connectivity index (χ1n) is 10.0. The molecule has 0 spiro atoms. The summed E-state index contributed by atoms with van der Waals surface area (Å²) < 4.78 is 30.4. The minimum atomic E-state index is -3.58. The zero-order valence-electron chi connectivity index (χ0n) is 17.2. The van der Waals surface area contributed by atoms with Gasteiger partial charge in [0, 0.05) is 54.5 Å². The summed E-state index contributed by atoms with van der Waals surface area (Å²) >= 11 is 0. The molecule has 0 unspecified atom stereocenters. The van der Waals surface area contributed by atoms with Gasteiger partial charge in [-0.05, 0) is 55.1 Å². The number of nitrogens with one attached hydrogen (secondary N) is 2. The summed E-state index contributed by atoms with van der Waals surface area (Å²) in [6, 6.07) is 15.0. The molecule has 4 rings (SSSR count). The van der Waals surface area contributed by atoms with Crippen molar-refractivity contribution in [1.29, 1.82) is 0 Å².